The number of amides is 1. The average molecular weight is 742 g/mol. The normalized spacial score (nSPS) is 11.2. The van der Waals surface area contributed by atoms with Gasteiger partial charge < -0.3 is 47.9 Å². The van der Waals surface area contributed by atoms with Crippen LogP contribution in [0, 0.1) is 0 Å². The topological polar surface area (TPSA) is 129 Å². The second-order valence-corrected chi connectivity index (χ2v) is 12.5. The van der Waals surface area contributed by atoms with Crippen LogP contribution in [0.3, 0.4) is 0 Å². The van der Waals surface area contributed by atoms with Crippen molar-refractivity contribution in [2.24, 2.45) is 0 Å². The molecule has 1 aromatic rings. The summed E-state index contributed by atoms with van der Waals surface area (Å²) in [5.41, 5.74) is 0.938. The van der Waals surface area contributed by atoms with Crippen LogP contribution < -0.4 is 5.32 Å². The molecule has 0 saturated carbocycles. The summed E-state index contributed by atoms with van der Waals surface area (Å²) >= 11 is 0. The summed E-state index contributed by atoms with van der Waals surface area (Å²) in [5.74, 6) is -0.136. The van der Waals surface area contributed by atoms with Crippen molar-refractivity contribution in [3.05, 3.63) is 35.9 Å². The molecular formula is C40H71NO11. The van der Waals surface area contributed by atoms with Gasteiger partial charge in [-0.25, -0.2) is 4.79 Å². The molecule has 12 nitrogen and oxygen atoms in total. The van der Waals surface area contributed by atoms with E-state index >= 15 is 0 Å². The molecule has 1 N–H and O–H groups in total. The van der Waals surface area contributed by atoms with Crippen molar-refractivity contribution >= 4 is 12.1 Å². The van der Waals surface area contributed by atoms with Crippen LogP contribution in [0.4, 0.5) is 4.79 Å². The number of carbonyl (C=O) groups is 2. The number of hydrogen-bond acceptors (Lipinski definition) is 11. The molecule has 52 heavy (non-hydrogen) atoms. The number of benzene rings is 1. The van der Waals surface area contributed by atoms with Crippen LogP contribution in [-0.4, -0.2) is 118 Å². The van der Waals surface area contributed by atoms with Crippen LogP contribution in [-0.2, 0) is 54.0 Å². The smallest absolute Gasteiger partial charge is 0.407 e. The number of esters is 1. The average Bonchev–Trinajstić information content (AvgIpc) is 3.16. The quantitative estimate of drug-likeness (QED) is 0.0549. The molecule has 12 heteroatoms. The number of carbonyl (C=O) groups excluding carboxylic acids is 2. The molecule has 0 aliphatic heterocycles. The number of rotatable bonds is 40. The van der Waals surface area contributed by atoms with Crippen molar-refractivity contribution in [3.8, 4) is 0 Å². The summed E-state index contributed by atoms with van der Waals surface area (Å²) < 4.78 is 48.7. The molecule has 0 aliphatic carbocycles. The van der Waals surface area contributed by atoms with E-state index in [1.165, 1.54) is 70.6 Å². The van der Waals surface area contributed by atoms with Crippen LogP contribution in [0.25, 0.3) is 0 Å². The molecule has 0 atom stereocenters. The van der Waals surface area contributed by atoms with Crippen molar-refractivity contribution in [2.45, 2.75) is 103 Å². The molecule has 0 saturated heterocycles. The Labute approximate surface area is 314 Å². The van der Waals surface area contributed by atoms with E-state index in [2.05, 4.69) is 12.2 Å². The van der Waals surface area contributed by atoms with E-state index in [4.69, 9.17) is 42.6 Å². The van der Waals surface area contributed by atoms with Crippen LogP contribution in [0.15, 0.2) is 30.3 Å². The lowest BCUT2D eigenvalue weighted by Crippen LogP contribution is -2.28. The summed E-state index contributed by atoms with van der Waals surface area (Å²) in [4.78, 5) is 23.5. The summed E-state index contributed by atoms with van der Waals surface area (Å²) in [6.07, 6.45) is 16.8. The number of unbranched alkanes of at least 4 members (excludes halogenated alkanes) is 12. The first-order chi connectivity index (χ1) is 25.7. The molecule has 0 aliphatic rings. The Balaban J connectivity index is 1.66. The zero-order valence-corrected chi connectivity index (χ0v) is 32.3. The molecule has 1 aromatic carbocycles. The van der Waals surface area contributed by atoms with Crippen LogP contribution >= 0.6 is 0 Å². The summed E-state index contributed by atoms with van der Waals surface area (Å²) in [7, 11) is 0. The maximum Gasteiger partial charge on any atom is 0.407 e. The van der Waals surface area contributed by atoms with E-state index in [-0.39, 0.29) is 19.2 Å². The third-order valence-corrected chi connectivity index (χ3v) is 7.94. The van der Waals surface area contributed by atoms with Crippen molar-refractivity contribution in [1.29, 1.82) is 0 Å². The highest BCUT2D eigenvalue weighted by molar-refractivity contribution is 5.69. The number of nitrogens with one attached hydrogen (secondary N) is 1. The summed E-state index contributed by atoms with van der Waals surface area (Å²) in [5, 5.41) is 2.64. The van der Waals surface area contributed by atoms with Gasteiger partial charge in [0.15, 0.2) is 0 Å². The second-order valence-electron chi connectivity index (χ2n) is 12.5. The number of alkyl carbamates (subject to hydrolysis) is 1. The van der Waals surface area contributed by atoms with Crippen LogP contribution in [0.5, 0.6) is 0 Å². The lowest BCUT2D eigenvalue weighted by Gasteiger charge is -2.09. The fourth-order valence-electron chi connectivity index (χ4n) is 4.99. The van der Waals surface area contributed by atoms with E-state index in [9.17, 15) is 9.59 Å². The molecular weight excluding hydrogens is 670 g/mol. The van der Waals surface area contributed by atoms with Gasteiger partial charge in [-0.15, -0.1) is 0 Å². The van der Waals surface area contributed by atoms with E-state index < -0.39 is 6.09 Å². The molecule has 0 heterocycles. The van der Waals surface area contributed by atoms with Crippen LogP contribution in [0.2, 0.25) is 0 Å². The van der Waals surface area contributed by atoms with Gasteiger partial charge in [0.2, 0.25) is 0 Å². The lowest BCUT2D eigenvalue weighted by molar-refractivity contribution is -0.145. The van der Waals surface area contributed by atoms with E-state index in [0.717, 1.165) is 18.4 Å². The minimum atomic E-state index is -0.469. The zero-order valence-electron chi connectivity index (χ0n) is 32.3. The predicted octanol–water partition coefficient (Wildman–Crippen LogP) is 7.05. The van der Waals surface area contributed by atoms with Gasteiger partial charge in [-0.1, -0.05) is 114 Å². The SMILES string of the molecule is CCCCCCCCCCCCCCCC(=O)OCCOCCOCCOCCOCCOCCOCCOCCNC(=O)OCc1ccccc1. The first-order valence-electron chi connectivity index (χ1n) is 19.9. The molecule has 0 radical (unpaired) electrons. The zero-order chi connectivity index (χ0) is 37.3. The second kappa shape index (κ2) is 39.9. The summed E-state index contributed by atoms with van der Waals surface area (Å²) in [6, 6.07) is 9.51. The summed E-state index contributed by atoms with van der Waals surface area (Å²) in [6.45, 7) is 9.53. The van der Waals surface area contributed by atoms with E-state index in [0.29, 0.717) is 105 Å². The molecule has 0 fully saturated rings. The van der Waals surface area contributed by atoms with Gasteiger partial charge in [0, 0.05) is 13.0 Å². The van der Waals surface area contributed by atoms with Gasteiger partial charge in [-0.2, -0.15) is 0 Å². The standard InChI is InChI=1S/C40H71NO11/c1-2-3-4-5-6-7-8-9-10-11-12-13-17-20-39(42)51-36-35-50-34-33-49-32-31-48-30-29-47-28-27-46-26-25-45-24-23-44-22-21-41-40(43)52-37-38-18-15-14-16-19-38/h14-16,18-19H,2-13,17,20-37H2,1H3,(H,41,43). The maximum absolute atomic E-state index is 11.9. The fraction of sp³-hybridized carbons (Fsp3) is 0.800. The molecule has 0 unspecified atom stereocenters. The first kappa shape index (κ1) is 47.7. The molecule has 0 bridgehead atoms. The highest BCUT2D eigenvalue weighted by atomic mass is 16.6. The third-order valence-electron chi connectivity index (χ3n) is 7.94. The Hall–Kier alpha value is -2.32. The molecule has 1 rings (SSSR count). The van der Waals surface area contributed by atoms with Gasteiger partial charge >= 0.3 is 12.1 Å². The molecule has 0 aromatic heterocycles. The van der Waals surface area contributed by atoms with Gasteiger partial charge in [0.25, 0.3) is 0 Å². The van der Waals surface area contributed by atoms with Crippen molar-refractivity contribution in [1.82, 2.24) is 5.32 Å². The monoisotopic (exact) mass is 742 g/mol. The van der Waals surface area contributed by atoms with Crippen molar-refractivity contribution in [3.63, 3.8) is 0 Å². The third kappa shape index (κ3) is 36.1. The van der Waals surface area contributed by atoms with Crippen molar-refractivity contribution in [2.75, 3.05) is 106 Å². The predicted molar refractivity (Wildman–Crippen MR) is 202 cm³/mol. The fourth-order valence-corrected chi connectivity index (χ4v) is 4.99. The Morgan fingerprint density at radius 3 is 1.29 bits per heavy atom. The maximum atomic E-state index is 11.9. The van der Waals surface area contributed by atoms with Gasteiger partial charge in [0.1, 0.15) is 13.2 Å². The van der Waals surface area contributed by atoms with Crippen molar-refractivity contribution < 1.29 is 52.2 Å². The van der Waals surface area contributed by atoms with Gasteiger partial charge in [0.05, 0.1) is 92.5 Å². The Bertz CT molecular complexity index is 894. The van der Waals surface area contributed by atoms with Gasteiger partial charge in [-0.3, -0.25) is 4.79 Å². The highest BCUT2D eigenvalue weighted by Crippen LogP contribution is 2.13. The van der Waals surface area contributed by atoms with Gasteiger partial charge in [-0.05, 0) is 12.0 Å². The van der Waals surface area contributed by atoms with Crippen LogP contribution in [0.1, 0.15) is 102 Å². The minimum absolute atomic E-state index is 0.136. The van der Waals surface area contributed by atoms with E-state index in [1.54, 1.807) is 0 Å². The Morgan fingerprint density at radius 2 is 0.846 bits per heavy atom. The van der Waals surface area contributed by atoms with E-state index in [1.807, 2.05) is 30.3 Å². The Kier molecular flexibility index (Phi) is 36.6. The number of ether oxygens (including phenoxy) is 9. The lowest BCUT2D eigenvalue weighted by atomic mass is 10.0. The molecule has 1 amide bonds. The molecule has 0 spiro atoms. The highest BCUT2D eigenvalue weighted by Gasteiger charge is 2.04. The minimum Gasteiger partial charge on any atom is -0.463 e. The first-order valence-corrected chi connectivity index (χ1v) is 19.9. The largest absolute Gasteiger partial charge is 0.463 e. The Morgan fingerprint density at radius 1 is 0.462 bits per heavy atom. The molecule has 302 valence electrons. The number of hydrogen-bond donors (Lipinski definition) is 1.